The number of halogens is 1. The van der Waals surface area contributed by atoms with E-state index in [1.54, 1.807) is 19.2 Å². The Morgan fingerprint density at radius 1 is 1.18 bits per heavy atom. The lowest BCUT2D eigenvalue weighted by Crippen LogP contribution is -2.21. The highest BCUT2D eigenvalue weighted by Gasteiger charge is 2.55. The third kappa shape index (κ3) is 6.11. The molecule has 2 aliphatic rings. The molecule has 2 aromatic carbocycles. The Hall–Kier alpha value is -2.01. The molecule has 0 radical (unpaired) electrons. The first kappa shape index (κ1) is 25.6. The first-order chi connectivity index (χ1) is 16.0. The predicted octanol–water partition coefficient (Wildman–Crippen LogP) is 5.36. The van der Waals surface area contributed by atoms with E-state index in [-0.39, 0.29) is 5.69 Å². The minimum Gasteiger partial charge on any atom is -0.487 e. The van der Waals surface area contributed by atoms with Gasteiger partial charge in [-0.3, -0.25) is 4.31 Å². The van der Waals surface area contributed by atoms with Gasteiger partial charge in [-0.15, -0.1) is 0 Å². The summed E-state index contributed by atoms with van der Waals surface area (Å²) in [5.41, 5.74) is 1.49. The lowest BCUT2D eigenvalue weighted by molar-refractivity contribution is 0.306. The van der Waals surface area contributed by atoms with Gasteiger partial charge in [0.05, 0.1) is 5.56 Å². The summed E-state index contributed by atoms with van der Waals surface area (Å²) >= 11 is 1.88. The van der Waals surface area contributed by atoms with Crippen LogP contribution in [0.3, 0.4) is 0 Å². The summed E-state index contributed by atoms with van der Waals surface area (Å²) in [6.07, 6.45) is 1.52. The van der Waals surface area contributed by atoms with E-state index >= 15 is 4.39 Å². The molecule has 4 rings (SSSR count). The normalized spacial score (nSPS) is 21.7. The Balaban J connectivity index is 0.00000149. The lowest BCUT2D eigenvalue weighted by Gasteiger charge is -2.21. The first-order valence-corrected chi connectivity index (χ1v) is 13.9. The van der Waals surface area contributed by atoms with E-state index in [1.807, 2.05) is 56.1 Å². The molecule has 3 unspecified atom stereocenters. The summed E-state index contributed by atoms with van der Waals surface area (Å²) in [7, 11) is 0.212. The number of hydrogen-bond donors (Lipinski definition) is 0. The van der Waals surface area contributed by atoms with Gasteiger partial charge in [0.15, 0.2) is 5.82 Å². The molecule has 3 atom stereocenters. The minimum atomic E-state index is -1.39. The number of nitrogens with zero attached hydrogens (tertiary/aromatic N) is 2. The molecule has 4 nitrogen and oxygen atoms in total. The second kappa shape index (κ2) is 11.9. The molecule has 33 heavy (non-hydrogen) atoms. The summed E-state index contributed by atoms with van der Waals surface area (Å²) < 4.78 is 37.2. The van der Waals surface area contributed by atoms with Crippen LogP contribution in [0.25, 0.3) is 0 Å². The van der Waals surface area contributed by atoms with Crippen molar-refractivity contribution in [3.05, 3.63) is 59.4 Å². The van der Waals surface area contributed by atoms with E-state index in [0.717, 1.165) is 24.4 Å². The van der Waals surface area contributed by atoms with Gasteiger partial charge in [0, 0.05) is 38.1 Å². The van der Waals surface area contributed by atoms with Crippen LogP contribution in [0, 0.1) is 35.4 Å². The molecule has 1 saturated carbocycles. The standard InChI is InChI=1S/C24H27FN2O2S2.C2H6/c1-4-30-27-14-20-19(21(20)15-27)12-10-18-11-13-22(24(23(18)25)26(2)31(3)28)29-16-17-8-6-5-7-9-17;1-2/h5-9,11,13,19-21H,4,14-16H2,1-3H3;1-2H3. The first-order valence-electron chi connectivity index (χ1n) is 11.5. The fourth-order valence-corrected chi connectivity index (χ4v) is 5.42. The largest absolute Gasteiger partial charge is 0.487 e. The maximum Gasteiger partial charge on any atom is 0.166 e. The van der Waals surface area contributed by atoms with Gasteiger partial charge in [-0.05, 0) is 29.5 Å². The van der Waals surface area contributed by atoms with Crippen LogP contribution in [-0.2, 0) is 17.6 Å². The smallest absolute Gasteiger partial charge is 0.166 e. The molecule has 1 aliphatic carbocycles. The Bertz CT molecular complexity index is 1010. The van der Waals surface area contributed by atoms with Crippen LogP contribution in [0.2, 0.25) is 0 Å². The molecular weight excluding hydrogens is 455 g/mol. The van der Waals surface area contributed by atoms with Crippen molar-refractivity contribution in [1.82, 2.24) is 4.31 Å². The van der Waals surface area contributed by atoms with Gasteiger partial charge in [0.25, 0.3) is 0 Å². The Morgan fingerprint density at radius 2 is 1.85 bits per heavy atom. The van der Waals surface area contributed by atoms with Crippen LogP contribution < -0.4 is 9.04 Å². The van der Waals surface area contributed by atoms with E-state index in [1.165, 1.54) is 10.6 Å². The molecule has 0 amide bonds. The van der Waals surface area contributed by atoms with E-state index in [4.69, 9.17) is 4.74 Å². The number of hydrogen-bond acceptors (Lipinski definition) is 4. The molecule has 178 valence electrons. The van der Waals surface area contributed by atoms with Crippen molar-refractivity contribution in [3.8, 4) is 17.6 Å². The van der Waals surface area contributed by atoms with Crippen LogP contribution in [0.5, 0.6) is 5.75 Å². The lowest BCUT2D eigenvalue weighted by atomic mass is 10.1. The number of piperidine rings is 1. The highest BCUT2D eigenvalue weighted by atomic mass is 32.2. The zero-order chi connectivity index (χ0) is 24.0. The molecule has 1 saturated heterocycles. The third-order valence-corrected chi connectivity index (χ3v) is 7.74. The predicted molar refractivity (Wildman–Crippen MR) is 138 cm³/mol. The average molecular weight is 489 g/mol. The molecule has 0 spiro atoms. The zero-order valence-corrected chi connectivity index (χ0v) is 21.6. The van der Waals surface area contributed by atoms with Crippen LogP contribution in [0.4, 0.5) is 10.1 Å². The van der Waals surface area contributed by atoms with Gasteiger partial charge in [0.1, 0.15) is 29.0 Å². The van der Waals surface area contributed by atoms with Crippen molar-refractivity contribution in [2.24, 2.45) is 17.8 Å². The zero-order valence-electron chi connectivity index (χ0n) is 20.0. The molecular formula is C26H33FN2O2S2. The van der Waals surface area contributed by atoms with Crippen molar-refractivity contribution in [3.63, 3.8) is 0 Å². The van der Waals surface area contributed by atoms with Crippen LogP contribution >= 0.6 is 11.9 Å². The van der Waals surface area contributed by atoms with Crippen LogP contribution in [0.1, 0.15) is 31.9 Å². The maximum atomic E-state index is 15.4. The van der Waals surface area contributed by atoms with E-state index < -0.39 is 16.8 Å². The van der Waals surface area contributed by atoms with Crippen molar-refractivity contribution in [2.75, 3.05) is 36.5 Å². The van der Waals surface area contributed by atoms with Crippen molar-refractivity contribution in [1.29, 1.82) is 0 Å². The van der Waals surface area contributed by atoms with E-state index in [0.29, 0.717) is 35.7 Å². The fourth-order valence-electron chi connectivity index (χ4n) is 4.07. The number of ether oxygens (including phenoxy) is 1. The molecule has 0 N–H and O–H groups in total. The van der Waals surface area contributed by atoms with Gasteiger partial charge in [-0.1, -0.05) is 74.9 Å². The Morgan fingerprint density at radius 3 is 2.45 bits per heavy atom. The summed E-state index contributed by atoms with van der Waals surface area (Å²) in [5.74, 6) is 8.88. The molecule has 1 aliphatic heterocycles. The number of fused-ring (bicyclic) bond motifs is 1. The highest BCUT2D eigenvalue weighted by Crippen LogP contribution is 2.52. The van der Waals surface area contributed by atoms with Gasteiger partial charge in [-0.2, -0.15) is 0 Å². The highest BCUT2D eigenvalue weighted by molar-refractivity contribution is 7.97. The molecule has 1 heterocycles. The summed E-state index contributed by atoms with van der Waals surface area (Å²) in [4.78, 5) is 0. The minimum absolute atomic E-state index is 0.185. The summed E-state index contributed by atoms with van der Waals surface area (Å²) in [6, 6.07) is 13.1. The van der Waals surface area contributed by atoms with Crippen LogP contribution in [-0.4, -0.2) is 40.7 Å². The SMILES string of the molecule is CC.CCSN1CC2C(C#Cc3ccc(OCc4ccccc4)c(N(C)S(C)=O)c3F)C2C1. The van der Waals surface area contributed by atoms with Gasteiger partial charge in [0.2, 0.25) is 0 Å². The van der Waals surface area contributed by atoms with Gasteiger partial charge in [-0.25, -0.2) is 12.9 Å². The van der Waals surface area contributed by atoms with Crippen molar-refractivity contribution in [2.45, 2.75) is 27.4 Å². The van der Waals surface area contributed by atoms with Gasteiger partial charge < -0.3 is 4.74 Å². The summed E-state index contributed by atoms with van der Waals surface area (Å²) in [6.45, 7) is 8.61. The second-order valence-electron chi connectivity index (χ2n) is 7.86. The number of anilines is 1. The third-order valence-electron chi connectivity index (χ3n) is 5.86. The van der Waals surface area contributed by atoms with Gasteiger partial charge >= 0.3 is 0 Å². The van der Waals surface area contributed by atoms with E-state index in [2.05, 4.69) is 23.1 Å². The molecule has 0 bridgehead atoms. The monoisotopic (exact) mass is 488 g/mol. The summed E-state index contributed by atoms with van der Waals surface area (Å²) in [5, 5.41) is 0. The Kier molecular flexibility index (Phi) is 9.25. The van der Waals surface area contributed by atoms with E-state index in [9.17, 15) is 4.21 Å². The fraction of sp³-hybridized carbons (Fsp3) is 0.462. The molecule has 2 fully saturated rings. The maximum absolute atomic E-state index is 15.4. The topological polar surface area (TPSA) is 32.8 Å². The number of benzene rings is 2. The molecule has 0 aromatic heterocycles. The van der Waals surface area contributed by atoms with Crippen molar-refractivity contribution >= 4 is 28.6 Å². The molecule has 2 aromatic rings. The quantitative estimate of drug-likeness (QED) is 0.388. The molecule has 7 heteroatoms. The van der Waals surface area contributed by atoms with Crippen LogP contribution in [0.15, 0.2) is 42.5 Å². The Labute approximate surface area is 204 Å². The second-order valence-corrected chi connectivity index (χ2v) is 10.6. The number of rotatable bonds is 7. The van der Waals surface area contributed by atoms with Crippen molar-refractivity contribution < 1.29 is 13.3 Å². The average Bonchev–Trinajstić information content (AvgIpc) is 3.28.